The average molecular weight is 354 g/mol. The second-order valence-corrected chi connectivity index (χ2v) is 6.13. The molecule has 1 N–H and O–H groups in total. The van der Waals surface area contributed by atoms with E-state index in [1.54, 1.807) is 0 Å². The molecule has 136 valence electrons. The molecule has 2 aromatic rings. The van der Waals surface area contributed by atoms with Crippen molar-refractivity contribution in [1.29, 1.82) is 0 Å². The second-order valence-electron chi connectivity index (χ2n) is 6.13. The van der Waals surface area contributed by atoms with Gasteiger partial charge in [0.15, 0.2) is 0 Å². The highest BCUT2D eigenvalue weighted by Gasteiger charge is 2.22. The lowest BCUT2D eigenvalue weighted by molar-refractivity contribution is -0.137. The van der Waals surface area contributed by atoms with Gasteiger partial charge in [-0.15, -0.1) is 0 Å². The molecule has 1 heterocycles. The predicted octanol–water partition coefficient (Wildman–Crippen LogP) is 2.50. The fraction of sp³-hybridized carbons (Fsp3) is 0.300. The van der Waals surface area contributed by atoms with E-state index in [1.807, 2.05) is 59.5 Å². The Hall–Kier alpha value is -3.02. The summed E-state index contributed by atoms with van der Waals surface area (Å²) >= 11 is 0. The maximum Gasteiger partial charge on any atom is 0.306 e. The fourth-order valence-corrected chi connectivity index (χ4v) is 2.94. The van der Waals surface area contributed by atoms with Gasteiger partial charge in [0.2, 0.25) is 0 Å². The van der Waals surface area contributed by atoms with E-state index < -0.39 is 5.97 Å². The number of hydrogen-bond donors (Lipinski definition) is 1. The Labute approximate surface area is 152 Å². The van der Waals surface area contributed by atoms with Crippen LogP contribution in [0, 0.1) is 0 Å². The van der Waals surface area contributed by atoms with Gasteiger partial charge in [-0.1, -0.05) is 18.2 Å². The van der Waals surface area contributed by atoms with Gasteiger partial charge in [0.05, 0.1) is 13.0 Å². The van der Waals surface area contributed by atoms with Crippen molar-refractivity contribution in [3.05, 3.63) is 60.2 Å². The monoisotopic (exact) mass is 354 g/mol. The number of amides is 1. The number of nitrogens with zero attached hydrogens (tertiary/aromatic N) is 2. The Kier molecular flexibility index (Phi) is 5.73. The van der Waals surface area contributed by atoms with Gasteiger partial charge in [-0.3, -0.25) is 9.59 Å². The number of carboxylic acids is 1. The Morgan fingerprint density at radius 3 is 2.19 bits per heavy atom. The van der Waals surface area contributed by atoms with Crippen molar-refractivity contribution in [2.24, 2.45) is 0 Å². The zero-order valence-corrected chi connectivity index (χ0v) is 14.5. The minimum Gasteiger partial charge on any atom is -0.493 e. The van der Waals surface area contributed by atoms with Crippen LogP contribution >= 0.6 is 0 Å². The zero-order chi connectivity index (χ0) is 18.4. The summed E-state index contributed by atoms with van der Waals surface area (Å²) < 4.78 is 5.40. The molecule has 1 fully saturated rings. The molecule has 26 heavy (non-hydrogen) atoms. The van der Waals surface area contributed by atoms with Crippen LogP contribution in [0.25, 0.3) is 0 Å². The SMILES string of the molecule is O=C(O)CCOc1ccc(N2CCN(C(=O)c3ccccc3)CC2)cc1. The highest BCUT2D eigenvalue weighted by atomic mass is 16.5. The van der Waals surface area contributed by atoms with E-state index in [2.05, 4.69) is 4.90 Å². The van der Waals surface area contributed by atoms with E-state index in [0.717, 1.165) is 24.3 Å². The maximum absolute atomic E-state index is 12.5. The van der Waals surface area contributed by atoms with Crippen LogP contribution in [-0.4, -0.2) is 54.7 Å². The number of aliphatic carboxylic acids is 1. The van der Waals surface area contributed by atoms with Gasteiger partial charge < -0.3 is 19.6 Å². The van der Waals surface area contributed by atoms with E-state index >= 15 is 0 Å². The molecular formula is C20H22N2O4. The first-order chi connectivity index (χ1) is 12.6. The topological polar surface area (TPSA) is 70.1 Å². The van der Waals surface area contributed by atoms with Crippen LogP contribution in [0.3, 0.4) is 0 Å². The predicted molar refractivity (Wildman–Crippen MR) is 98.7 cm³/mol. The van der Waals surface area contributed by atoms with Crippen LogP contribution in [0.4, 0.5) is 5.69 Å². The number of carboxylic acid groups (broad SMARTS) is 1. The molecule has 2 aromatic carbocycles. The van der Waals surface area contributed by atoms with Crippen molar-refractivity contribution in [2.45, 2.75) is 6.42 Å². The molecule has 1 amide bonds. The van der Waals surface area contributed by atoms with Crippen LogP contribution in [0.5, 0.6) is 5.75 Å². The van der Waals surface area contributed by atoms with Gasteiger partial charge in [0, 0.05) is 37.4 Å². The molecule has 0 saturated carbocycles. The Balaban J connectivity index is 1.51. The third kappa shape index (κ3) is 4.53. The molecule has 0 atom stereocenters. The second kappa shape index (κ2) is 8.38. The summed E-state index contributed by atoms with van der Waals surface area (Å²) in [6.07, 6.45) is -0.0147. The molecule has 6 nitrogen and oxygen atoms in total. The molecule has 0 radical (unpaired) electrons. The van der Waals surface area contributed by atoms with Crippen molar-refractivity contribution in [1.82, 2.24) is 4.90 Å². The standard InChI is InChI=1S/C20H22N2O4/c23-19(24)10-15-26-18-8-6-17(7-9-18)21-11-13-22(14-12-21)20(25)16-4-2-1-3-5-16/h1-9H,10-15H2,(H,23,24). The number of carbonyl (C=O) groups is 2. The molecule has 1 aliphatic heterocycles. The lowest BCUT2D eigenvalue weighted by Gasteiger charge is -2.36. The number of piperazine rings is 1. The summed E-state index contributed by atoms with van der Waals surface area (Å²) in [7, 11) is 0. The molecule has 0 spiro atoms. The molecule has 0 aromatic heterocycles. The number of rotatable bonds is 6. The molecule has 0 bridgehead atoms. The van der Waals surface area contributed by atoms with Crippen LogP contribution in [-0.2, 0) is 4.79 Å². The van der Waals surface area contributed by atoms with E-state index in [1.165, 1.54) is 0 Å². The quantitative estimate of drug-likeness (QED) is 0.863. The average Bonchev–Trinajstić information content (AvgIpc) is 2.68. The molecule has 1 aliphatic rings. The smallest absolute Gasteiger partial charge is 0.306 e. The minimum absolute atomic E-state index is 0.0147. The Morgan fingerprint density at radius 1 is 0.923 bits per heavy atom. The van der Waals surface area contributed by atoms with Crippen molar-refractivity contribution >= 4 is 17.6 Å². The molecule has 3 rings (SSSR count). The molecule has 6 heteroatoms. The molecule has 1 saturated heterocycles. The van der Waals surface area contributed by atoms with Crippen molar-refractivity contribution < 1.29 is 19.4 Å². The van der Waals surface area contributed by atoms with Gasteiger partial charge in [0.25, 0.3) is 5.91 Å². The van der Waals surface area contributed by atoms with Crippen LogP contribution in [0.2, 0.25) is 0 Å². The summed E-state index contributed by atoms with van der Waals surface area (Å²) in [5, 5.41) is 8.62. The number of hydrogen-bond acceptors (Lipinski definition) is 4. The van der Waals surface area contributed by atoms with Gasteiger partial charge in [0.1, 0.15) is 5.75 Å². The fourth-order valence-electron chi connectivity index (χ4n) is 2.94. The number of ether oxygens (including phenoxy) is 1. The molecule has 0 unspecified atom stereocenters. The van der Waals surface area contributed by atoms with Crippen LogP contribution in [0.15, 0.2) is 54.6 Å². The normalized spacial score (nSPS) is 14.2. The third-order valence-corrected chi connectivity index (χ3v) is 4.37. The van der Waals surface area contributed by atoms with E-state index in [4.69, 9.17) is 9.84 Å². The van der Waals surface area contributed by atoms with Crippen molar-refractivity contribution in [3.63, 3.8) is 0 Å². The van der Waals surface area contributed by atoms with Gasteiger partial charge in [-0.05, 0) is 36.4 Å². The minimum atomic E-state index is -0.871. The van der Waals surface area contributed by atoms with E-state index in [0.29, 0.717) is 18.8 Å². The summed E-state index contributed by atoms with van der Waals surface area (Å²) in [5.74, 6) is -0.134. The number of anilines is 1. The van der Waals surface area contributed by atoms with Crippen molar-refractivity contribution in [3.8, 4) is 5.75 Å². The van der Waals surface area contributed by atoms with E-state index in [-0.39, 0.29) is 18.9 Å². The van der Waals surface area contributed by atoms with Crippen LogP contribution in [0.1, 0.15) is 16.8 Å². The van der Waals surface area contributed by atoms with Crippen molar-refractivity contribution in [2.75, 3.05) is 37.7 Å². The van der Waals surface area contributed by atoms with Crippen LogP contribution < -0.4 is 9.64 Å². The van der Waals surface area contributed by atoms with Gasteiger partial charge >= 0.3 is 5.97 Å². The number of benzene rings is 2. The Morgan fingerprint density at radius 2 is 1.58 bits per heavy atom. The largest absolute Gasteiger partial charge is 0.493 e. The third-order valence-electron chi connectivity index (χ3n) is 4.37. The summed E-state index contributed by atoms with van der Waals surface area (Å²) in [4.78, 5) is 27.1. The first-order valence-electron chi connectivity index (χ1n) is 8.67. The maximum atomic E-state index is 12.5. The molecule has 0 aliphatic carbocycles. The summed E-state index contributed by atoms with van der Waals surface area (Å²) in [6.45, 7) is 3.08. The van der Waals surface area contributed by atoms with Gasteiger partial charge in [-0.2, -0.15) is 0 Å². The highest BCUT2D eigenvalue weighted by Crippen LogP contribution is 2.21. The molecular weight excluding hydrogens is 332 g/mol. The van der Waals surface area contributed by atoms with E-state index in [9.17, 15) is 9.59 Å². The first-order valence-corrected chi connectivity index (χ1v) is 8.67. The lowest BCUT2D eigenvalue weighted by Crippen LogP contribution is -2.48. The van der Waals surface area contributed by atoms with Gasteiger partial charge in [-0.25, -0.2) is 0 Å². The summed E-state index contributed by atoms with van der Waals surface area (Å²) in [5.41, 5.74) is 1.80. The zero-order valence-electron chi connectivity index (χ0n) is 14.5. The Bertz CT molecular complexity index is 738. The first kappa shape index (κ1) is 17.8. The highest BCUT2D eigenvalue weighted by molar-refractivity contribution is 5.94. The summed E-state index contributed by atoms with van der Waals surface area (Å²) in [6, 6.07) is 17.0. The number of carbonyl (C=O) groups excluding carboxylic acids is 1. The lowest BCUT2D eigenvalue weighted by atomic mass is 10.1.